The highest BCUT2D eigenvalue weighted by atomic mass is 35.5. The first-order chi connectivity index (χ1) is 8.13. The summed E-state index contributed by atoms with van der Waals surface area (Å²) in [6, 6.07) is -0.391. The van der Waals surface area contributed by atoms with E-state index >= 15 is 0 Å². The zero-order valence-electron chi connectivity index (χ0n) is 9.44. The molecule has 0 saturated carbocycles. The normalized spacial score (nSPS) is 12.9. The molecular formula is C10H12ClN3O2S. The minimum Gasteiger partial charge on any atom is -0.383 e. The molecular weight excluding hydrogens is 262 g/mol. The maximum atomic E-state index is 6.12. The lowest BCUT2D eigenvalue weighted by molar-refractivity contribution is 0.177. The van der Waals surface area contributed by atoms with Crippen molar-refractivity contribution in [3.63, 3.8) is 0 Å². The Kier molecular flexibility index (Phi) is 3.78. The van der Waals surface area contributed by atoms with Crippen LogP contribution in [0.15, 0.2) is 9.90 Å². The highest BCUT2D eigenvalue weighted by Crippen LogP contribution is 2.35. The fraction of sp³-hybridized carbons (Fsp3) is 0.400. The molecule has 2 aromatic rings. The number of methoxy groups -OCH3 is 1. The predicted molar refractivity (Wildman–Crippen MR) is 66.2 cm³/mol. The molecule has 0 saturated heterocycles. The summed E-state index contributed by atoms with van der Waals surface area (Å²) < 4.78 is 10.1. The van der Waals surface area contributed by atoms with Gasteiger partial charge in [-0.2, -0.15) is 4.98 Å². The number of hydrogen-bond donors (Lipinski definition) is 1. The van der Waals surface area contributed by atoms with Gasteiger partial charge in [-0.3, -0.25) is 0 Å². The molecule has 5 nitrogen and oxygen atoms in total. The number of aryl methyl sites for hydroxylation is 1. The number of aromatic nitrogens is 2. The average Bonchev–Trinajstić information content (AvgIpc) is 2.88. The summed E-state index contributed by atoms with van der Waals surface area (Å²) in [7, 11) is 1.57. The fourth-order valence-electron chi connectivity index (χ4n) is 1.31. The van der Waals surface area contributed by atoms with Gasteiger partial charge in [0, 0.05) is 7.11 Å². The van der Waals surface area contributed by atoms with E-state index in [1.54, 1.807) is 7.11 Å². The molecule has 0 aliphatic carbocycles. The van der Waals surface area contributed by atoms with E-state index in [9.17, 15) is 0 Å². The zero-order valence-corrected chi connectivity index (χ0v) is 11.0. The van der Waals surface area contributed by atoms with Crippen LogP contribution in [0.5, 0.6) is 0 Å². The van der Waals surface area contributed by atoms with Gasteiger partial charge in [-0.25, -0.2) is 0 Å². The summed E-state index contributed by atoms with van der Waals surface area (Å²) in [6.45, 7) is 2.27. The van der Waals surface area contributed by atoms with Crippen molar-refractivity contribution >= 4 is 22.9 Å². The Morgan fingerprint density at radius 2 is 2.41 bits per heavy atom. The molecule has 0 aromatic carbocycles. The lowest BCUT2D eigenvalue weighted by Gasteiger charge is -2.02. The molecule has 0 bridgehead atoms. The molecule has 1 unspecified atom stereocenters. The van der Waals surface area contributed by atoms with Crippen molar-refractivity contribution in [2.45, 2.75) is 13.0 Å². The van der Waals surface area contributed by atoms with Gasteiger partial charge in [-0.05, 0) is 17.9 Å². The van der Waals surface area contributed by atoms with Crippen molar-refractivity contribution in [1.29, 1.82) is 0 Å². The minimum atomic E-state index is -0.391. The van der Waals surface area contributed by atoms with Crippen LogP contribution >= 0.6 is 22.9 Å². The van der Waals surface area contributed by atoms with Gasteiger partial charge in [0.25, 0.3) is 5.89 Å². The summed E-state index contributed by atoms with van der Waals surface area (Å²) in [5.41, 5.74) is 6.79. The summed E-state index contributed by atoms with van der Waals surface area (Å²) in [4.78, 5) is 4.99. The van der Waals surface area contributed by atoms with Crippen molar-refractivity contribution in [2.75, 3.05) is 13.7 Å². The van der Waals surface area contributed by atoms with Gasteiger partial charge in [0.1, 0.15) is 4.88 Å². The molecule has 17 heavy (non-hydrogen) atoms. The smallest absolute Gasteiger partial charge is 0.269 e. The topological polar surface area (TPSA) is 74.2 Å². The van der Waals surface area contributed by atoms with Gasteiger partial charge in [0.2, 0.25) is 0 Å². The van der Waals surface area contributed by atoms with Crippen LogP contribution in [-0.2, 0) is 4.74 Å². The first kappa shape index (κ1) is 12.5. The van der Waals surface area contributed by atoms with Crippen LogP contribution in [0.3, 0.4) is 0 Å². The van der Waals surface area contributed by atoms with Crippen LogP contribution < -0.4 is 5.73 Å². The molecule has 2 aromatic heterocycles. The lowest BCUT2D eigenvalue weighted by Crippen LogP contribution is -2.17. The SMILES string of the molecule is COCC(N)c1noc(-c2scc(C)c2Cl)n1. The van der Waals surface area contributed by atoms with Crippen molar-refractivity contribution in [2.24, 2.45) is 5.73 Å². The van der Waals surface area contributed by atoms with Crippen LogP contribution in [0, 0.1) is 6.92 Å². The molecule has 0 aliphatic rings. The maximum absolute atomic E-state index is 6.12. The van der Waals surface area contributed by atoms with E-state index in [2.05, 4.69) is 10.1 Å². The van der Waals surface area contributed by atoms with Crippen molar-refractivity contribution < 1.29 is 9.26 Å². The van der Waals surface area contributed by atoms with E-state index in [1.807, 2.05) is 12.3 Å². The van der Waals surface area contributed by atoms with E-state index in [-0.39, 0.29) is 0 Å². The Hall–Kier alpha value is -0.950. The Morgan fingerprint density at radius 3 is 3.00 bits per heavy atom. The number of rotatable bonds is 4. The van der Waals surface area contributed by atoms with E-state index in [0.29, 0.717) is 23.3 Å². The molecule has 0 fully saturated rings. The molecule has 0 aliphatic heterocycles. The molecule has 0 radical (unpaired) electrons. The van der Waals surface area contributed by atoms with Gasteiger partial charge in [-0.1, -0.05) is 16.8 Å². The van der Waals surface area contributed by atoms with Crippen LogP contribution in [-0.4, -0.2) is 23.9 Å². The second-order valence-corrected chi connectivity index (χ2v) is 4.84. The van der Waals surface area contributed by atoms with Crippen LogP contribution in [0.25, 0.3) is 10.8 Å². The average molecular weight is 274 g/mol. The molecule has 1 atom stereocenters. The third kappa shape index (κ3) is 2.50. The number of nitrogens with two attached hydrogens (primary N) is 1. The van der Waals surface area contributed by atoms with Crippen molar-refractivity contribution in [3.8, 4) is 10.8 Å². The molecule has 2 rings (SSSR count). The van der Waals surface area contributed by atoms with Gasteiger partial charge in [0.15, 0.2) is 5.82 Å². The van der Waals surface area contributed by atoms with E-state index in [1.165, 1.54) is 11.3 Å². The summed E-state index contributed by atoms with van der Waals surface area (Å²) >= 11 is 7.59. The standard InChI is InChI=1S/C10H12ClN3O2S/c1-5-4-17-8(7(5)11)10-13-9(14-16-10)6(12)3-15-2/h4,6H,3,12H2,1-2H3. The molecule has 7 heteroatoms. The van der Waals surface area contributed by atoms with E-state index < -0.39 is 6.04 Å². The summed E-state index contributed by atoms with van der Waals surface area (Å²) in [6.07, 6.45) is 0. The third-order valence-corrected chi connectivity index (χ3v) is 3.90. The highest BCUT2D eigenvalue weighted by Gasteiger charge is 2.18. The maximum Gasteiger partial charge on any atom is 0.269 e. The highest BCUT2D eigenvalue weighted by molar-refractivity contribution is 7.14. The van der Waals surface area contributed by atoms with E-state index in [4.69, 9.17) is 26.6 Å². The van der Waals surface area contributed by atoms with Crippen molar-refractivity contribution in [3.05, 3.63) is 21.8 Å². The molecule has 92 valence electrons. The quantitative estimate of drug-likeness (QED) is 0.926. The number of hydrogen-bond acceptors (Lipinski definition) is 6. The second-order valence-electron chi connectivity index (χ2n) is 3.58. The third-order valence-electron chi connectivity index (χ3n) is 2.21. The van der Waals surface area contributed by atoms with Crippen LogP contribution in [0.1, 0.15) is 17.4 Å². The molecule has 0 amide bonds. The molecule has 0 spiro atoms. The van der Waals surface area contributed by atoms with Gasteiger partial charge >= 0.3 is 0 Å². The first-order valence-corrected chi connectivity index (χ1v) is 6.21. The number of thiophene rings is 1. The predicted octanol–water partition coefficient (Wildman–Crippen LogP) is 2.41. The molecule has 2 N–H and O–H groups in total. The van der Waals surface area contributed by atoms with Gasteiger partial charge in [-0.15, -0.1) is 11.3 Å². The number of ether oxygens (including phenoxy) is 1. The Bertz CT molecular complexity index is 511. The zero-order chi connectivity index (χ0) is 12.4. The lowest BCUT2D eigenvalue weighted by atomic mass is 10.3. The van der Waals surface area contributed by atoms with Gasteiger partial charge in [0.05, 0.1) is 17.7 Å². The Balaban J connectivity index is 2.27. The summed E-state index contributed by atoms with van der Waals surface area (Å²) in [5, 5.41) is 6.40. The Morgan fingerprint density at radius 1 is 1.65 bits per heavy atom. The van der Waals surface area contributed by atoms with Crippen LogP contribution in [0.4, 0.5) is 0 Å². The van der Waals surface area contributed by atoms with Gasteiger partial charge < -0.3 is 15.0 Å². The fourth-order valence-corrected chi connectivity index (χ4v) is 2.50. The molecule has 2 heterocycles. The Labute approximate surface area is 108 Å². The summed E-state index contributed by atoms with van der Waals surface area (Å²) in [5.74, 6) is 0.818. The van der Waals surface area contributed by atoms with Crippen molar-refractivity contribution in [1.82, 2.24) is 10.1 Å². The minimum absolute atomic E-state index is 0.343. The first-order valence-electron chi connectivity index (χ1n) is 4.95. The monoisotopic (exact) mass is 273 g/mol. The van der Waals surface area contributed by atoms with E-state index in [0.717, 1.165) is 10.4 Å². The largest absolute Gasteiger partial charge is 0.383 e. The number of nitrogens with zero attached hydrogens (tertiary/aromatic N) is 2. The second kappa shape index (κ2) is 5.14. The van der Waals surface area contributed by atoms with Crippen LogP contribution in [0.2, 0.25) is 5.02 Å². The number of halogens is 1.